The minimum Gasteiger partial charge on any atom is -0.481 e. The average molecular weight is 406 g/mol. The van der Waals surface area contributed by atoms with Crippen LogP contribution >= 0.6 is 0 Å². The maximum atomic E-state index is 12.8. The van der Waals surface area contributed by atoms with Crippen molar-refractivity contribution in [1.82, 2.24) is 10.8 Å². The lowest BCUT2D eigenvalue weighted by Crippen LogP contribution is -2.53. The zero-order valence-electron chi connectivity index (χ0n) is 17.0. The molecule has 1 heterocycles. The van der Waals surface area contributed by atoms with Crippen molar-refractivity contribution in [2.45, 2.75) is 57.6 Å². The quantitative estimate of drug-likeness (QED) is 0.613. The molecule has 3 N–H and O–H groups in total. The van der Waals surface area contributed by atoms with Crippen LogP contribution in [0.4, 0.5) is 4.39 Å². The predicted octanol–water partition coefficient (Wildman–Crippen LogP) is 2.51. The van der Waals surface area contributed by atoms with Gasteiger partial charge in [0.05, 0.1) is 12.1 Å². The second kappa shape index (κ2) is 8.73. The van der Waals surface area contributed by atoms with Crippen LogP contribution in [-0.4, -0.2) is 41.1 Å². The smallest absolute Gasteiger partial charge is 0.305 e. The highest BCUT2D eigenvalue weighted by molar-refractivity contribution is 5.97. The topological polar surface area (TPSA) is 105 Å². The number of halogens is 1. The second-order valence-corrected chi connectivity index (χ2v) is 8.06. The lowest BCUT2D eigenvalue weighted by Gasteiger charge is -2.25. The van der Waals surface area contributed by atoms with E-state index in [1.54, 1.807) is 13.0 Å². The van der Waals surface area contributed by atoms with Gasteiger partial charge in [-0.1, -0.05) is 52.0 Å². The first-order valence-electron chi connectivity index (χ1n) is 9.41. The summed E-state index contributed by atoms with van der Waals surface area (Å²) in [5.74, 6) is -3.02. The largest absolute Gasteiger partial charge is 0.481 e. The van der Waals surface area contributed by atoms with Crippen LogP contribution < -0.4 is 10.8 Å². The first-order valence-corrected chi connectivity index (χ1v) is 9.41. The number of aliphatic carboxylic acids is 1. The maximum absolute atomic E-state index is 12.8. The number of carboxylic acids is 1. The van der Waals surface area contributed by atoms with Gasteiger partial charge in [0, 0.05) is 0 Å². The summed E-state index contributed by atoms with van der Waals surface area (Å²) < 4.78 is 12.7. The van der Waals surface area contributed by atoms with Gasteiger partial charge in [-0.3, -0.25) is 24.7 Å². The molecule has 2 atom stereocenters. The Balaban J connectivity index is 2.24. The molecule has 29 heavy (non-hydrogen) atoms. The number of carbonyl (C=O) groups is 3. The van der Waals surface area contributed by atoms with Crippen LogP contribution in [0.1, 0.15) is 51.7 Å². The number of alkyl halides is 1. The van der Waals surface area contributed by atoms with Gasteiger partial charge < -0.3 is 10.4 Å². The standard InChI is InChI=1S/C21H27FN2O5/c1-5-21(19(28)23-15(10-18(26)27)17(25)12-22)11-16(24-29-21)13-6-8-14(9-7-13)20(2,3)4/h6-9,11,15,24H,5,10,12H2,1-4H3,(H,23,28)(H,26,27). The summed E-state index contributed by atoms with van der Waals surface area (Å²) in [7, 11) is 0. The number of hydrogen-bond donors (Lipinski definition) is 3. The zero-order chi connectivity index (χ0) is 21.8. The lowest BCUT2D eigenvalue weighted by atomic mass is 9.86. The molecule has 0 aromatic heterocycles. The molecule has 8 heteroatoms. The molecule has 158 valence electrons. The SMILES string of the molecule is CCC1(C(=O)NC(CC(=O)O)C(=O)CF)C=C(c2ccc(C(C)(C)C)cc2)NO1. The van der Waals surface area contributed by atoms with Crippen LogP contribution in [0.3, 0.4) is 0 Å². The van der Waals surface area contributed by atoms with Gasteiger partial charge in [-0.2, -0.15) is 0 Å². The number of amides is 1. The molecule has 0 radical (unpaired) electrons. The number of ketones is 1. The van der Waals surface area contributed by atoms with E-state index in [-0.39, 0.29) is 11.8 Å². The van der Waals surface area contributed by atoms with E-state index in [1.807, 2.05) is 24.3 Å². The van der Waals surface area contributed by atoms with Crippen LogP contribution in [0, 0.1) is 0 Å². The van der Waals surface area contributed by atoms with Crippen LogP contribution in [0.25, 0.3) is 5.70 Å². The monoisotopic (exact) mass is 406 g/mol. The second-order valence-electron chi connectivity index (χ2n) is 8.06. The molecule has 1 aromatic carbocycles. The number of nitrogens with one attached hydrogen (secondary N) is 2. The number of carboxylic acid groups (broad SMARTS) is 1. The van der Waals surface area contributed by atoms with Crippen LogP contribution in [0.5, 0.6) is 0 Å². The molecule has 2 rings (SSSR count). The van der Waals surface area contributed by atoms with E-state index >= 15 is 0 Å². The van der Waals surface area contributed by atoms with E-state index in [0.29, 0.717) is 5.70 Å². The molecule has 0 bridgehead atoms. The van der Waals surface area contributed by atoms with Crippen molar-refractivity contribution in [3.8, 4) is 0 Å². The third-order valence-corrected chi connectivity index (χ3v) is 4.90. The number of hydrogen-bond acceptors (Lipinski definition) is 5. The van der Waals surface area contributed by atoms with Crippen LogP contribution in [0.15, 0.2) is 30.3 Å². The molecule has 0 saturated heterocycles. The molecule has 7 nitrogen and oxygen atoms in total. The summed E-state index contributed by atoms with van der Waals surface area (Å²) >= 11 is 0. The summed E-state index contributed by atoms with van der Waals surface area (Å²) in [6.07, 6.45) is 1.11. The van der Waals surface area contributed by atoms with Crippen molar-refractivity contribution in [3.63, 3.8) is 0 Å². The van der Waals surface area contributed by atoms with Gasteiger partial charge in [0.15, 0.2) is 11.4 Å². The summed E-state index contributed by atoms with van der Waals surface area (Å²) in [6, 6.07) is 6.35. The number of rotatable bonds is 8. The third-order valence-electron chi connectivity index (χ3n) is 4.90. The summed E-state index contributed by atoms with van der Waals surface area (Å²) in [4.78, 5) is 40.9. The molecule has 2 unspecified atom stereocenters. The Kier molecular flexibility index (Phi) is 6.79. The highest BCUT2D eigenvalue weighted by Crippen LogP contribution is 2.30. The molecule has 1 aromatic rings. The molecular weight excluding hydrogens is 379 g/mol. The molecule has 0 spiro atoms. The Morgan fingerprint density at radius 2 is 1.86 bits per heavy atom. The molecule has 0 aliphatic carbocycles. The Morgan fingerprint density at radius 1 is 1.24 bits per heavy atom. The fourth-order valence-electron chi connectivity index (χ4n) is 2.97. The average Bonchev–Trinajstić information content (AvgIpc) is 3.12. The fourth-order valence-corrected chi connectivity index (χ4v) is 2.97. The molecular formula is C21H27FN2O5. The van der Waals surface area contributed by atoms with Gasteiger partial charge in [0.1, 0.15) is 12.7 Å². The highest BCUT2D eigenvalue weighted by Gasteiger charge is 2.43. The van der Waals surface area contributed by atoms with E-state index in [0.717, 1.165) is 11.1 Å². The van der Waals surface area contributed by atoms with Crippen molar-refractivity contribution >= 4 is 23.4 Å². The van der Waals surface area contributed by atoms with Gasteiger partial charge in [0.2, 0.25) is 0 Å². The van der Waals surface area contributed by atoms with E-state index in [4.69, 9.17) is 9.94 Å². The van der Waals surface area contributed by atoms with E-state index in [9.17, 15) is 18.8 Å². The van der Waals surface area contributed by atoms with Crippen molar-refractivity contribution in [1.29, 1.82) is 0 Å². The van der Waals surface area contributed by atoms with Gasteiger partial charge in [-0.05, 0) is 29.0 Å². The fraction of sp³-hybridized carbons (Fsp3) is 0.476. The molecule has 0 saturated carbocycles. The molecule has 1 amide bonds. The van der Waals surface area contributed by atoms with Crippen molar-refractivity contribution < 1.29 is 28.7 Å². The van der Waals surface area contributed by atoms with E-state index in [2.05, 4.69) is 31.6 Å². The minimum absolute atomic E-state index is 0.00168. The Bertz CT molecular complexity index is 813. The van der Waals surface area contributed by atoms with Crippen LogP contribution in [-0.2, 0) is 24.6 Å². The number of carbonyl (C=O) groups excluding carboxylic acids is 2. The van der Waals surface area contributed by atoms with Gasteiger partial charge in [0.25, 0.3) is 5.91 Å². The maximum Gasteiger partial charge on any atom is 0.305 e. The van der Waals surface area contributed by atoms with Gasteiger partial charge in [-0.25, -0.2) is 4.39 Å². The third kappa shape index (κ3) is 5.20. The lowest BCUT2D eigenvalue weighted by molar-refractivity contribution is -0.147. The predicted molar refractivity (Wildman–Crippen MR) is 106 cm³/mol. The number of benzene rings is 1. The Morgan fingerprint density at radius 3 is 2.34 bits per heavy atom. The summed E-state index contributed by atoms with van der Waals surface area (Å²) in [5, 5.41) is 11.2. The molecule has 1 aliphatic heterocycles. The van der Waals surface area contributed by atoms with E-state index < -0.39 is 42.4 Å². The van der Waals surface area contributed by atoms with Gasteiger partial charge in [-0.15, -0.1) is 0 Å². The molecule has 0 fully saturated rings. The first kappa shape index (κ1) is 22.5. The van der Waals surface area contributed by atoms with Crippen molar-refractivity contribution in [2.24, 2.45) is 0 Å². The number of Topliss-reactive ketones (excluding diaryl/α,β-unsaturated/α-hetero) is 1. The minimum atomic E-state index is -1.46. The Labute approximate surface area is 169 Å². The van der Waals surface area contributed by atoms with E-state index in [1.165, 1.54) is 0 Å². The van der Waals surface area contributed by atoms with Crippen LogP contribution in [0.2, 0.25) is 0 Å². The summed E-state index contributed by atoms with van der Waals surface area (Å²) in [5.41, 5.74) is 3.84. The summed E-state index contributed by atoms with van der Waals surface area (Å²) in [6.45, 7) is 6.68. The van der Waals surface area contributed by atoms with Crippen molar-refractivity contribution in [2.75, 3.05) is 6.67 Å². The normalized spacial score (nSPS) is 19.8. The highest BCUT2D eigenvalue weighted by atomic mass is 19.1. The van der Waals surface area contributed by atoms with Crippen molar-refractivity contribution in [3.05, 3.63) is 41.5 Å². The van der Waals surface area contributed by atoms with Gasteiger partial charge >= 0.3 is 5.97 Å². The Hall–Kier alpha value is -2.74. The zero-order valence-corrected chi connectivity index (χ0v) is 17.0. The first-order chi connectivity index (χ1) is 13.5. The number of hydroxylamine groups is 1. The molecule has 1 aliphatic rings.